The summed E-state index contributed by atoms with van der Waals surface area (Å²) in [5.41, 5.74) is 0. The molecule has 5 fully saturated rings. The van der Waals surface area contributed by atoms with Gasteiger partial charge in [-0.25, -0.2) is 0 Å². The minimum Gasteiger partial charge on any atom is -0.394 e. The minimum absolute atomic E-state index is 0.806. The van der Waals surface area contributed by atoms with Crippen LogP contribution in [0.5, 0.6) is 0 Å². The predicted octanol–water partition coefficient (Wildman–Crippen LogP) is -7.81. The first-order chi connectivity index (χ1) is 24.4. The van der Waals surface area contributed by atoms with E-state index in [-0.39, 0.29) is 0 Å². The van der Waals surface area contributed by atoms with Crippen LogP contribution in [0.2, 0.25) is 0 Å². The zero-order valence-electron chi connectivity index (χ0n) is 28.6. The summed E-state index contributed by atoms with van der Waals surface area (Å²) in [6.07, 6.45) is -39.9. The van der Waals surface area contributed by atoms with Gasteiger partial charge < -0.3 is 109 Å². The molecule has 5 rings (SSSR count). The Bertz CT molecular complexity index is 1140. The summed E-state index contributed by atoms with van der Waals surface area (Å²) >= 11 is 0. The molecule has 5 aliphatic rings. The van der Waals surface area contributed by atoms with Crippen molar-refractivity contribution in [1.29, 1.82) is 0 Å². The van der Waals surface area contributed by atoms with E-state index < -0.39 is 160 Å². The van der Waals surface area contributed by atoms with Crippen LogP contribution in [-0.2, 0) is 42.6 Å². The third-order valence-electron chi connectivity index (χ3n) is 10.2. The van der Waals surface area contributed by atoms with Crippen molar-refractivity contribution in [2.45, 2.75) is 181 Å². The van der Waals surface area contributed by atoms with E-state index in [1.165, 1.54) is 27.7 Å². The molecule has 0 bridgehead atoms. The molecule has 5 aliphatic heterocycles. The maximum Gasteiger partial charge on any atom is 0.187 e. The molecule has 0 radical (unpaired) electrons. The van der Waals surface area contributed by atoms with Gasteiger partial charge in [0.1, 0.15) is 97.7 Å². The van der Waals surface area contributed by atoms with E-state index in [0.717, 1.165) is 0 Å². The summed E-state index contributed by atoms with van der Waals surface area (Å²) in [5.74, 6) is 0. The number of ether oxygens (including phenoxy) is 9. The molecule has 0 aromatic carbocycles. The lowest BCUT2D eigenvalue weighted by Gasteiger charge is -2.50. The Morgan fingerprint density at radius 1 is 0.346 bits per heavy atom. The molecule has 0 unspecified atom stereocenters. The van der Waals surface area contributed by atoms with Crippen LogP contribution in [0.3, 0.4) is 0 Å². The predicted molar refractivity (Wildman–Crippen MR) is 161 cm³/mol. The summed E-state index contributed by atoms with van der Waals surface area (Å²) in [6.45, 7) is 4.81. The van der Waals surface area contributed by atoms with E-state index in [9.17, 15) is 66.4 Å². The van der Waals surface area contributed by atoms with Crippen LogP contribution in [0.1, 0.15) is 27.7 Å². The number of hydrogen-bond acceptors (Lipinski definition) is 22. The van der Waals surface area contributed by atoms with Crippen LogP contribution in [0.25, 0.3) is 0 Å². The van der Waals surface area contributed by atoms with Gasteiger partial charge in [0.15, 0.2) is 31.5 Å². The summed E-state index contributed by atoms with van der Waals surface area (Å²) < 4.78 is 50.9. The maximum absolute atomic E-state index is 11.6. The second kappa shape index (κ2) is 17.1. The molecule has 0 aliphatic carbocycles. The Morgan fingerprint density at radius 2 is 0.731 bits per heavy atom. The molecule has 0 aromatic heterocycles. The van der Waals surface area contributed by atoms with E-state index in [4.69, 9.17) is 42.6 Å². The lowest BCUT2D eigenvalue weighted by molar-refractivity contribution is -0.398. The molecule has 22 heteroatoms. The van der Waals surface area contributed by atoms with Crippen molar-refractivity contribution in [2.24, 2.45) is 0 Å². The van der Waals surface area contributed by atoms with Crippen molar-refractivity contribution in [3.8, 4) is 0 Å². The lowest BCUT2D eigenvalue weighted by Crippen LogP contribution is -2.67. The first-order valence-corrected chi connectivity index (χ1v) is 17.0. The Balaban J connectivity index is 1.34. The van der Waals surface area contributed by atoms with Crippen LogP contribution < -0.4 is 0 Å². The smallest absolute Gasteiger partial charge is 0.187 e. The second-order valence-electron chi connectivity index (χ2n) is 13.9. The number of aliphatic hydroxyl groups is 13. The van der Waals surface area contributed by atoms with Gasteiger partial charge in [-0.15, -0.1) is 0 Å². The number of rotatable bonds is 9. The van der Waals surface area contributed by atoms with Crippen molar-refractivity contribution in [3.63, 3.8) is 0 Å². The van der Waals surface area contributed by atoms with Gasteiger partial charge in [0.05, 0.1) is 31.0 Å². The lowest BCUT2D eigenvalue weighted by atomic mass is 9.95. The van der Waals surface area contributed by atoms with E-state index >= 15 is 0 Å². The molecule has 5 heterocycles. The van der Waals surface area contributed by atoms with E-state index in [2.05, 4.69) is 0 Å². The van der Waals surface area contributed by atoms with Crippen LogP contribution >= 0.6 is 0 Å². The Labute approximate surface area is 297 Å². The average molecular weight is 765 g/mol. The highest BCUT2D eigenvalue weighted by atomic mass is 16.8. The topological polar surface area (TPSA) is 346 Å². The molecule has 0 aromatic rings. The average Bonchev–Trinajstić information content (AvgIpc) is 3.10. The molecular formula is C30H52O22. The van der Waals surface area contributed by atoms with Crippen LogP contribution in [0, 0.1) is 0 Å². The molecule has 22 nitrogen and oxygen atoms in total. The fraction of sp³-hybridized carbons (Fsp3) is 1.00. The van der Waals surface area contributed by atoms with Gasteiger partial charge in [-0.1, -0.05) is 0 Å². The number of hydrogen-bond donors (Lipinski definition) is 13. The van der Waals surface area contributed by atoms with Gasteiger partial charge in [0.25, 0.3) is 0 Å². The zero-order chi connectivity index (χ0) is 38.5. The highest BCUT2D eigenvalue weighted by Crippen LogP contribution is 2.36. The molecule has 0 amide bonds. The Kier molecular flexibility index (Phi) is 13.9. The third-order valence-corrected chi connectivity index (χ3v) is 10.2. The highest BCUT2D eigenvalue weighted by Gasteiger charge is 2.56. The monoisotopic (exact) mass is 764 g/mol. The highest BCUT2D eigenvalue weighted by molar-refractivity contribution is 4.98. The molecule has 52 heavy (non-hydrogen) atoms. The summed E-state index contributed by atoms with van der Waals surface area (Å²) in [6, 6.07) is 0. The number of aliphatic hydroxyl groups excluding tert-OH is 13. The molecular weight excluding hydrogens is 712 g/mol. The second-order valence-corrected chi connectivity index (χ2v) is 13.9. The molecule has 5 saturated heterocycles. The SMILES string of the molecule is C[C@@H]1O[C@@H](O[C@@H]2[C@@H](O[C@@H]3O[C@H](CO)[C@@H](O)[C@H](O)[C@H]3O)[C@@H](O)[C@H](O[C@@H]3[C@@H](O)[C@@H](O)[C@H](O[C@@H]4[C@@H](O)[C@H](O)[C@@H](C)O[C@H]4O)O[C@H]3C)O[C@H]2C)[C@H](O)[C@H](O)[C@H]1O. The van der Waals surface area contributed by atoms with Crippen molar-refractivity contribution < 1.29 is 109 Å². The van der Waals surface area contributed by atoms with Gasteiger partial charge in [0.2, 0.25) is 0 Å². The van der Waals surface area contributed by atoms with Crippen LogP contribution in [0.4, 0.5) is 0 Å². The molecule has 0 saturated carbocycles. The van der Waals surface area contributed by atoms with Gasteiger partial charge >= 0.3 is 0 Å². The molecule has 304 valence electrons. The molecule has 25 atom stereocenters. The molecule has 13 N–H and O–H groups in total. The fourth-order valence-corrected chi connectivity index (χ4v) is 6.84. The normalized spacial score (nSPS) is 56.4. The van der Waals surface area contributed by atoms with Crippen LogP contribution in [-0.4, -0.2) is 227 Å². The fourth-order valence-electron chi connectivity index (χ4n) is 6.84. The van der Waals surface area contributed by atoms with E-state index in [0.29, 0.717) is 0 Å². The largest absolute Gasteiger partial charge is 0.394 e. The van der Waals surface area contributed by atoms with Crippen molar-refractivity contribution >= 4 is 0 Å². The summed E-state index contributed by atoms with van der Waals surface area (Å²) in [4.78, 5) is 0. The standard InChI is InChI=1S/C30H52O22/c1-6-12(33)16(37)25(26(43)44-6)52-28-20(41)17(38)22(8(3)46-28)49-30-21(42)24(51-29-19(40)15(36)13(34)10(5-31)48-29)23(9(4)47-30)50-27-18(39)14(35)11(32)7(2)45-27/h6-43H,5H2,1-4H3/t6-,7+,8+,9+,10-,11+,12-,13-,14-,15+,16+,17+,18-,19-,20-,21-,22+,23+,24+,25-,26-,27+,28+,29+,30+/m1/s1. The van der Waals surface area contributed by atoms with E-state index in [1.54, 1.807) is 0 Å². The maximum atomic E-state index is 11.6. The third kappa shape index (κ3) is 8.29. The van der Waals surface area contributed by atoms with Gasteiger partial charge in [-0.2, -0.15) is 0 Å². The van der Waals surface area contributed by atoms with Gasteiger partial charge in [-0.05, 0) is 27.7 Å². The van der Waals surface area contributed by atoms with E-state index in [1.807, 2.05) is 0 Å². The van der Waals surface area contributed by atoms with Gasteiger partial charge in [0, 0.05) is 0 Å². The zero-order valence-corrected chi connectivity index (χ0v) is 28.6. The Hall–Kier alpha value is -0.880. The van der Waals surface area contributed by atoms with Crippen molar-refractivity contribution in [2.75, 3.05) is 6.61 Å². The first kappa shape index (κ1) is 42.3. The molecule has 0 spiro atoms. The summed E-state index contributed by atoms with van der Waals surface area (Å²) in [5, 5.41) is 136. The quantitative estimate of drug-likeness (QED) is 0.104. The van der Waals surface area contributed by atoms with Gasteiger partial charge in [-0.3, -0.25) is 0 Å². The minimum atomic E-state index is -1.94. The van der Waals surface area contributed by atoms with Crippen molar-refractivity contribution in [1.82, 2.24) is 0 Å². The van der Waals surface area contributed by atoms with Crippen LogP contribution in [0.15, 0.2) is 0 Å². The Morgan fingerprint density at radius 3 is 1.33 bits per heavy atom. The van der Waals surface area contributed by atoms with Crippen molar-refractivity contribution in [3.05, 3.63) is 0 Å². The summed E-state index contributed by atoms with van der Waals surface area (Å²) in [7, 11) is 0. The first-order valence-electron chi connectivity index (χ1n) is 17.0.